The summed E-state index contributed by atoms with van der Waals surface area (Å²) in [5, 5.41) is 2.87. The van der Waals surface area contributed by atoms with Crippen LogP contribution in [0.2, 0.25) is 0 Å². The topological polar surface area (TPSA) is 52.7 Å². The molecule has 0 bridgehead atoms. The summed E-state index contributed by atoms with van der Waals surface area (Å²) in [6.07, 6.45) is 0.733. The quantitative estimate of drug-likeness (QED) is 0.856. The van der Waals surface area contributed by atoms with Gasteiger partial charge in [-0.05, 0) is 31.9 Å². The summed E-state index contributed by atoms with van der Waals surface area (Å²) >= 11 is 0. The van der Waals surface area contributed by atoms with Crippen molar-refractivity contribution in [2.75, 3.05) is 32.7 Å². The Morgan fingerprint density at radius 3 is 2.46 bits per heavy atom. The molecule has 0 saturated carbocycles. The van der Waals surface area contributed by atoms with Crippen molar-refractivity contribution in [1.82, 2.24) is 15.1 Å². The van der Waals surface area contributed by atoms with Gasteiger partial charge in [0.05, 0.1) is 6.54 Å². The minimum atomic E-state index is -0.258. The van der Waals surface area contributed by atoms with Crippen molar-refractivity contribution >= 4 is 11.8 Å². The second-order valence-corrected chi connectivity index (χ2v) is 6.47. The summed E-state index contributed by atoms with van der Waals surface area (Å²) in [7, 11) is 0. The van der Waals surface area contributed by atoms with E-state index in [9.17, 15) is 14.0 Å². The Balaban J connectivity index is 1.72. The van der Waals surface area contributed by atoms with Crippen molar-refractivity contribution in [3.63, 3.8) is 0 Å². The van der Waals surface area contributed by atoms with Gasteiger partial charge in [-0.2, -0.15) is 0 Å². The fourth-order valence-electron chi connectivity index (χ4n) is 2.83. The zero-order valence-electron chi connectivity index (χ0n) is 14.4. The second-order valence-electron chi connectivity index (χ2n) is 6.47. The summed E-state index contributed by atoms with van der Waals surface area (Å²) in [6, 6.07) is 6.70. The summed E-state index contributed by atoms with van der Waals surface area (Å²) in [6.45, 7) is 6.85. The normalized spacial score (nSPS) is 15.6. The van der Waals surface area contributed by atoms with Crippen molar-refractivity contribution < 1.29 is 14.0 Å². The van der Waals surface area contributed by atoms with E-state index in [1.807, 2.05) is 13.8 Å². The van der Waals surface area contributed by atoms with E-state index in [-0.39, 0.29) is 23.7 Å². The number of halogens is 1. The second kappa shape index (κ2) is 8.78. The maximum Gasteiger partial charge on any atom is 0.234 e. The Kier molecular flexibility index (Phi) is 6.73. The standard InChI is InChI=1S/C18H26FN3O2/c1-14(2)20-17(23)13-21-9-11-22(12-10-21)18(24)8-7-15-5-3-4-6-16(15)19/h3-6,14H,7-13H2,1-2H3,(H,20,23). The number of rotatable bonds is 6. The Morgan fingerprint density at radius 1 is 1.17 bits per heavy atom. The SMILES string of the molecule is CC(C)NC(=O)CN1CCN(C(=O)CCc2ccccc2F)CC1. The minimum absolute atomic E-state index is 0.0179. The number of hydrogen-bond donors (Lipinski definition) is 1. The maximum absolute atomic E-state index is 13.6. The van der Waals surface area contributed by atoms with Gasteiger partial charge in [0.1, 0.15) is 5.82 Å². The molecule has 0 aromatic heterocycles. The Hall–Kier alpha value is -1.95. The molecule has 1 aliphatic rings. The zero-order valence-corrected chi connectivity index (χ0v) is 14.4. The highest BCUT2D eigenvalue weighted by molar-refractivity contribution is 5.78. The summed E-state index contributed by atoms with van der Waals surface area (Å²) in [5.74, 6) is -0.194. The molecule has 0 spiro atoms. The predicted octanol–water partition coefficient (Wildman–Crippen LogP) is 1.43. The van der Waals surface area contributed by atoms with E-state index < -0.39 is 0 Å². The third-order valence-corrected chi connectivity index (χ3v) is 4.11. The van der Waals surface area contributed by atoms with Gasteiger partial charge >= 0.3 is 0 Å². The van der Waals surface area contributed by atoms with Gasteiger partial charge in [0.2, 0.25) is 11.8 Å². The molecule has 1 aromatic carbocycles. The molecule has 6 heteroatoms. The molecular formula is C18H26FN3O2. The number of carbonyl (C=O) groups is 2. The van der Waals surface area contributed by atoms with Gasteiger partial charge in [-0.15, -0.1) is 0 Å². The smallest absolute Gasteiger partial charge is 0.234 e. The first-order valence-corrected chi connectivity index (χ1v) is 8.48. The van der Waals surface area contributed by atoms with E-state index in [1.54, 1.807) is 23.1 Å². The molecule has 0 aliphatic carbocycles. The van der Waals surface area contributed by atoms with E-state index in [1.165, 1.54) is 6.07 Å². The first kappa shape index (κ1) is 18.4. The Morgan fingerprint density at radius 2 is 1.83 bits per heavy atom. The first-order chi connectivity index (χ1) is 11.5. The van der Waals surface area contributed by atoms with E-state index >= 15 is 0 Å². The van der Waals surface area contributed by atoms with Gasteiger partial charge in [0.25, 0.3) is 0 Å². The number of benzene rings is 1. The number of carbonyl (C=O) groups excluding carboxylic acids is 2. The van der Waals surface area contributed by atoms with Crippen LogP contribution in [0.4, 0.5) is 4.39 Å². The lowest BCUT2D eigenvalue weighted by Crippen LogP contribution is -2.51. The lowest BCUT2D eigenvalue weighted by molar-refractivity contribution is -0.133. The Bertz CT molecular complexity index is 569. The molecule has 24 heavy (non-hydrogen) atoms. The average molecular weight is 335 g/mol. The van der Waals surface area contributed by atoms with Crippen LogP contribution in [0.25, 0.3) is 0 Å². The van der Waals surface area contributed by atoms with Crippen molar-refractivity contribution in [3.8, 4) is 0 Å². The van der Waals surface area contributed by atoms with Gasteiger partial charge in [0, 0.05) is 38.6 Å². The highest BCUT2D eigenvalue weighted by Crippen LogP contribution is 2.11. The summed E-state index contributed by atoms with van der Waals surface area (Å²) in [5.41, 5.74) is 0.579. The molecule has 2 rings (SSSR count). The fourth-order valence-corrected chi connectivity index (χ4v) is 2.83. The molecule has 1 heterocycles. The van der Waals surface area contributed by atoms with E-state index in [0.29, 0.717) is 51.1 Å². The van der Waals surface area contributed by atoms with Gasteiger partial charge in [-0.1, -0.05) is 18.2 Å². The molecule has 0 radical (unpaired) electrons. The molecule has 5 nitrogen and oxygen atoms in total. The molecule has 1 aromatic rings. The maximum atomic E-state index is 13.6. The highest BCUT2D eigenvalue weighted by Gasteiger charge is 2.22. The summed E-state index contributed by atoms with van der Waals surface area (Å²) < 4.78 is 13.6. The van der Waals surface area contributed by atoms with Gasteiger partial charge in [-0.25, -0.2) is 4.39 Å². The van der Waals surface area contributed by atoms with E-state index in [2.05, 4.69) is 10.2 Å². The van der Waals surface area contributed by atoms with Crippen LogP contribution in [0.15, 0.2) is 24.3 Å². The molecule has 1 N–H and O–H groups in total. The van der Waals surface area contributed by atoms with Crippen LogP contribution < -0.4 is 5.32 Å². The van der Waals surface area contributed by atoms with Gasteiger partial charge in [-0.3, -0.25) is 14.5 Å². The number of amides is 2. The van der Waals surface area contributed by atoms with Crippen LogP contribution in [0.1, 0.15) is 25.8 Å². The molecule has 1 fully saturated rings. The van der Waals surface area contributed by atoms with Crippen LogP contribution >= 0.6 is 0 Å². The lowest BCUT2D eigenvalue weighted by atomic mass is 10.1. The predicted molar refractivity (Wildman–Crippen MR) is 91.0 cm³/mol. The van der Waals surface area contributed by atoms with E-state index in [0.717, 1.165) is 0 Å². The molecule has 0 unspecified atom stereocenters. The van der Waals surface area contributed by atoms with Crippen molar-refractivity contribution in [2.24, 2.45) is 0 Å². The van der Waals surface area contributed by atoms with Crippen molar-refractivity contribution in [2.45, 2.75) is 32.7 Å². The average Bonchev–Trinajstić information content (AvgIpc) is 2.53. The zero-order chi connectivity index (χ0) is 17.5. The van der Waals surface area contributed by atoms with Crippen LogP contribution in [-0.4, -0.2) is 60.4 Å². The van der Waals surface area contributed by atoms with Crippen LogP contribution in [0, 0.1) is 5.82 Å². The third-order valence-electron chi connectivity index (χ3n) is 4.11. The van der Waals surface area contributed by atoms with Crippen molar-refractivity contribution in [1.29, 1.82) is 0 Å². The number of hydrogen-bond acceptors (Lipinski definition) is 3. The van der Waals surface area contributed by atoms with Gasteiger partial charge < -0.3 is 10.2 Å². The summed E-state index contributed by atoms with van der Waals surface area (Å²) in [4.78, 5) is 27.9. The van der Waals surface area contributed by atoms with Crippen molar-refractivity contribution in [3.05, 3.63) is 35.6 Å². The molecule has 0 atom stereocenters. The molecule has 1 aliphatic heterocycles. The van der Waals surface area contributed by atoms with Gasteiger partial charge in [0.15, 0.2) is 0 Å². The number of aryl methyl sites for hydroxylation is 1. The van der Waals surface area contributed by atoms with Crippen LogP contribution in [0.3, 0.4) is 0 Å². The largest absolute Gasteiger partial charge is 0.353 e. The number of piperazine rings is 1. The third kappa shape index (κ3) is 5.60. The molecule has 132 valence electrons. The van der Waals surface area contributed by atoms with Crippen LogP contribution in [-0.2, 0) is 16.0 Å². The monoisotopic (exact) mass is 335 g/mol. The highest BCUT2D eigenvalue weighted by atomic mass is 19.1. The minimum Gasteiger partial charge on any atom is -0.353 e. The fraction of sp³-hybridized carbons (Fsp3) is 0.556. The number of nitrogens with one attached hydrogen (secondary N) is 1. The molecule has 2 amide bonds. The lowest BCUT2D eigenvalue weighted by Gasteiger charge is -2.34. The molecule has 1 saturated heterocycles. The number of nitrogens with zero attached hydrogens (tertiary/aromatic N) is 2. The first-order valence-electron chi connectivity index (χ1n) is 8.48. The Labute approximate surface area is 142 Å². The molecular weight excluding hydrogens is 309 g/mol. The van der Waals surface area contributed by atoms with Crippen LogP contribution in [0.5, 0.6) is 0 Å². The van der Waals surface area contributed by atoms with E-state index in [4.69, 9.17) is 0 Å².